The Labute approximate surface area is 293 Å². The molecule has 6 N–H and O–H groups in total. The van der Waals surface area contributed by atoms with E-state index in [2.05, 4.69) is 0 Å². The maximum absolute atomic E-state index is 13.6. The fourth-order valence-electron chi connectivity index (χ4n) is 6.15. The molecule has 0 radical (unpaired) electrons. The van der Waals surface area contributed by atoms with Gasteiger partial charge in [-0.1, -0.05) is 0 Å². The smallest absolute Gasteiger partial charge is 0.269 e. The lowest BCUT2D eigenvalue weighted by atomic mass is 9.98. The van der Waals surface area contributed by atoms with Gasteiger partial charge in [0, 0.05) is 53.0 Å². The van der Waals surface area contributed by atoms with Crippen LogP contribution in [0.5, 0.6) is 17.6 Å². The largest absolute Gasteiger partial charge is 0.494 e. The van der Waals surface area contributed by atoms with Crippen molar-refractivity contribution >= 4 is 30.4 Å². The summed E-state index contributed by atoms with van der Waals surface area (Å²) in [5.41, 5.74) is -3.17. The van der Waals surface area contributed by atoms with Gasteiger partial charge in [0.2, 0.25) is 0 Å². The van der Waals surface area contributed by atoms with Crippen molar-refractivity contribution < 1.29 is 54.2 Å². The quantitative estimate of drug-likeness (QED) is 0.117. The minimum atomic E-state index is -4.82. The molecule has 3 aromatic heterocycles. The third-order valence-electron chi connectivity index (χ3n) is 8.85. The average molecular weight is 780 g/mol. The zero-order valence-electron chi connectivity index (χ0n) is 28.5. The summed E-state index contributed by atoms with van der Waals surface area (Å²) >= 11 is 0. The topological polar surface area (TPSA) is 290 Å². The van der Waals surface area contributed by atoms with Gasteiger partial charge in [0.15, 0.2) is 17.6 Å². The molecule has 0 bridgehead atoms. The van der Waals surface area contributed by atoms with E-state index >= 15 is 0 Å². The maximum Gasteiger partial charge on any atom is 0.269 e. The van der Waals surface area contributed by atoms with Gasteiger partial charge in [-0.3, -0.25) is 41.7 Å². The molecule has 21 heteroatoms. The molecule has 3 heterocycles. The molecule has 3 aromatic rings. The van der Waals surface area contributed by atoms with Crippen LogP contribution < -0.4 is 16.7 Å². The Bertz CT molecular complexity index is 2390. The first-order chi connectivity index (χ1) is 23.3. The Kier molecular flexibility index (Phi) is 12.4. The van der Waals surface area contributed by atoms with E-state index in [-0.39, 0.29) is 89.8 Å². The van der Waals surface area contributed by atoms with Crippen molar-refractivity contribution in [1.29, 1.82) is 0 Å². The van der Waals surface area contributed by atoms with E-state index in [1.54, 1.807) is 6.92 Å². The summed E-state index contributed by atoms with van der Waals surface area (Å²) < 4.78 is 102. The molecule has 0 unspecified atom stereocenters. The number of nitrogens with zero attached hydrogens (tertiary/aromatic N) is 3. The summed E-state index contributed by atoms with van der Waals surface area (Å²) in [4.78, 5) is 39.7. The zero-order chi connectivity index (χ0) is 39.0. The molecule has 0 aromatic carbocycles. The Morgan fingerprint density at radius 2 is 0.784 bits per heavy atom. The van der Waals surface area contributed by atoms with E-state index < -0.39 is 87.5 Å². The van der Waals surface area contributed by atoms with Gasteiger partial charge in [0.1, 0.15) is 17.3 Å². The van der Waals surface area contributed by atoms with Crippen LogP contribution in [0.2, 0.25) is 0 Å². The molecule has 0 fully saturated rings. The highest BCUT2D eigenvalue weighted by Crippen LogP contribution is 2.28. The number of hydrogen-bond donors (Lipinski definition) is 6. The zero-order valence-corrected chi connectivity index (χ0v) is 30.9. The molecule has 0 aliphatic rings. The second kappa shape index (κ2) is 15.3. The van der Waals surface area contributed by atoms with E-state index in [1.807, 2.05) is 0 Å². The van der Waals surface area contributed by atoms with Crippen LogP contribution >= 0.6 is 0 Å². The highest BCUT2D eigenvalue weighted by atomic mass is 32.2. The van der Waals surface area contributed by atoms with Crippen LogP contribution in [0, 0.1) is 27.7 Å². The van der Waals surface area contributed by atoms with Crippen LogP contribution in [0.1, 0.15) is 69.8 Å². The lowest BCUT2D eigenvalue weighted by Crippen LogP contribution is -2.30. The number of hydrogen-bond acceptors (Lipinski definition) is 12. The molecule has 0 saturated heterocycles. The third-order valence-corrected chi connectivity index (χ3v) is 10.8. The molecule has 0 spiro atoms. The maximum atomic E-state index is 13.6. The van der Waals surface area contributed by atoms with Crippen LogP contribution in [0.15, 0.2) is 14.4 Å². The summed E-state index contributed by atoms with van der Waals surface area (Å²) in [6.45, 7) is 6.58. The minimum Gasteiger partial charge on any atom is -0.494 e. The normalized spacial score (nSPS) is 12.5. The van der Waals surface area contributed by atoms with E-state index in [9.17, 15) is 68.6 Å². The highest BCUT2D eigenvalue weighted by Gasteiger charge is 2.26. The predicted molar refractivity (Wildman–Crippen MR) is 184 cm³/mol. The molecule has 0 atom stereocenters. The average Bonchev–Trinajstić information content (AvgIpc) is 3.00. The van der Waals surface area contributed by atoms with Crippen LogP contribution in [0.25, 0.3) is 0 Å². The fourth-order valence-corrected chi connectivity index (χ4v) is 8.18. The summed E-state index contributed by atoms with van der Waals surface area (Å²) in [5, 5.41) is 32.3. The summed E-state index contributed by atoms with van der Waals surface area (Å²) in [6, 6.07) is 0. The lowest BCUT2D eigenvalue weighted by molar-refractivity contribution is 0.390. The van der Waals surface area contributed by atoms with Crippen molar-refractivity contribution in [2.24, 2.45) is 0 Å². The summed E-state index contributed by atoms with van der Waals surface area (Å²) in [7, 11) is -14.1. The van der Waals surface area contributed by atoms with E-state index in [0.29, 0.717) is 0 Å². The lowest BCUT2D eigenvalue weighted by Gasteiger charge is -2.20. The molecule has 0 aliphatic heterocycles. The molecule has 18 nitrogen and oxygen atoms in total. The minimum absolute atomic E-state index is 0.00661. The molecule has 3 rings (SSSR count). The SMILES string of the molecule is CCn1c(O)c(C)c(CCCn2c(O)c(C)c(CCCn3c(O)c(C)c(C)c(CS(=O)(=O)O)c3=O)c(CS(=O)(=O)O)c2=O)c(CS(=O)(=O)O)c1=O. The molecule has 51 heavy (non-hydrogen) atoms. The number of rotatable bonds is 15. The molecule has 0 aliphatic carbocycles. The van der Waals surface area contributed by atoms with Gasteiger partial charge in [-0.15, -0.1) is 0 Å². The van der Waals surface area contributed by atoms with Gasteiger partial charge >= 0.3 is 0 Å². The van der Waals surface area contributed by atoms with Crippen molar-refractivity contribution in [3.63, 3.8) is 0 Å². The summed E-state index contributed by atoms with van der Waals surface area (Å²) in [5.74, 6) is -4.72. The highest BCUT2D eigenvalue weighted by molar-refractivity contribution is 7.85. The van der Waals surface area contributed by atoms with Crippen molar-refractivity contribution in [1.82, 2.24) is 13.7 Å². The van der Waals surface area contributed by atoms with Gasteiger partial charge in [0.05, 0.1) is 0 Å². The van der Waals surface area contributed by atoms with Crippen LogP contribution in [-0.2, 0) is 80.1 Å². The van der Waals surface area contributed by atoms with Crippen molar-refractivity contribution in [2.75, 3.05) is 0 Å². The van der Waals surface area contributed by atoms with Gasteiger partial charge in [-0.05, 0) is 77.0 Å². The van der Waals surface area contributed by atoms with Crippen LogP contribution in [0.3, 0.4) is 0 Å². The number of pyridine rings is 3. The van der Waals surface area contributed by atoms with E-state index in [0.717, 1.165) is 13.7 Å². The van der Waals surface area contributed by atoms with Crippen molar-refractivity contribution in [3.05, 3.63) is 81.1 Å². The Morgan fingerprint density at radius 3 is 1.16 bits per heavy atom. The summed E-state index contributed by atoms with van der Waals surface area (Å²) in [6.07, 6.45) is -0.422. The molecule has 0 saturated carbocycles. The molecule has 0 amide bonds. The van der Waals surface area contributed by atoms with E-state index in [1.165, 1.54) is 27.7 Å². The number of aromatic hydroxyl groups is 3. The Morgan fingerprint density at radius 1 is 0.471 bits per heavy atom. The fraction of sp³-hybridized carbons (Fsp3) is 0.500. The number of aromatic nitrogens is 3. The van der Waals surface area contributed by atoms with Crippen LogP contribution in [-0.4, -0.2) is 67.9 Å². The molecule has 284 valence electrons. The standard InChI is InChI=1S/C30H41N3O15S3/c1-6-31-26(35)18(4)20(23(29(31)38)14-50(43,44)45)9-8-12-33-27(36)19(5)21(24(30(33)39)15-51(46,47)48)10-7-11-32-25(34)17(3)16(2)22(28(32)37)13-49(40,41)42/h34-36H,6-15H2,1-5H3,(H,40,41,42)(H,43,44,45)(H,46,47,48). The van der Waals surface area contributed by atoms with Crippen LogP contribution in [0.4, 0.5) is 0 Å². The molecular weight excluding hydrogens is 739 g/mol. The van der Waals surface area contributed by atoms with Gasteiger partial charge < -0.3 is 15.3 Å². The van der Waals surface area contributed by atoms with Gasteiger partial charge in [-0.2, -0.15) is 25.3 Å². The first-order valence-corrected chi connectivity index (χ1v) is 20.3. The predicted octanol–water partition coefficient (Wildman–Crippen LogP) is 0.971. The first kappa shape index (κ1) is 41.4. The first-order valence-electron chi connectivity index (χ1n) is 15.5. The second-order valence-electron chi connectivity index (χ2n) is 12.2. The van der Waals surface area contributed by atoms with Gasteiger partial charge in [0.25, 0.3) is 47.0 Å². The Balaban J connectivity index is 2.03. The van der Waals surface area contributed by atoms with Crippen molar-refractivity contribution in [2.45, 2.75) is 97.2 Å². The third kappa shape index (κ3) is 9.46. The van der Waals surface area contributed by atoms with Gasteiger partial charge in [-0.25, -0.2) is 0 Å². The van der Waals surface area contributed by atoms with E-state index in [4.69, 9.17) is 0 Å². The second-order valence-corrected chi connectivity index (χ2v) is 16.6. The Hall–Kier alpha value is -4.02. The van der Waals surface area contributed by atoms with Crippen molar-refractivity contribution in [3.8, 4) is 17.6 Å². The molecular formula is C30H41N3O15S3. The monoisotopic (exact) mass is 779 g/mol.